The predicted octanol–water partition coefficient (Wildman–Crippen LogP) is 4.95. The summed E-state index contributed by atoms with van der Waals surface area (Å²) in [6.45, 7) is 1.84. The monoisotopic (exact) mass is 615 g/mol. The number of phenols is 1. The zero-order valence-electron chi connectivity index (χ0n) is 23.2. The third-order valence-corrected chi connectivity index (χ3v) is 8.12. The fraction of sp³-hybridized carbons (Fsp3) is 0.333. The van der Waals surface area contributed by atoms with Crippen LogP contribution in [-0.2, 0) is 4.79 Å². The molecule has 0 radical (unpaired) electrons. The summed E-state index contributed by atoms with van der Waals surface area (Å²) < 4.78 is 90.7. The number of aryl methyl sites for hydroxylation is 1. The van der Waals surface area contributed by atoms with E-state index in [2.05, 4.69) is 26.2 Å². The lowest BCUT2D eigenvalue weighted by atomic mass is 9.82. The number of phenolic OH excluding ortho intramolecular Hbond substituents is 1. The molecule has 2 saturated heterocycles. The number of aromatic hydroxyl groups is 1. The lowest BCUT2D eigenvalue weighted by molar-refractivity contribution is -0.177. The van der Waals surface area contributed by atoms with Crippen molar-refractivity contribution in [2.75, 3.05) is 25.1 Å². The van der Waals surface area contributed by atoms with E-state index in [0.29, 0.717) is 0 Å². The van der Waals surface area contributed by atoms with E-state index in [1.165, 1.54) is 7.11 Å². The number of carbonyl (C=O) groups excluding carboxylic acids is 1. The number of carbonyl (C=O) groups is 1. The highest BCUT2D eigenvalue weighted by atomic mass is 19.4. The molecule has 2 unspecified atom stereocenters. The van der Waals surface area contributed by atoms with Crippen LogP contribution in [0.2, 0.25) is 0 Å². The van der Waals surface area contributed by atoms with E-state index < -0.39 is 58.9 Å². The first kappa shape index (κ1) is 29.4. The molecular formula is C30H23F6N5O3. The van der Waals surface area contributed by atoms with Crippen molar-refractivity contribution >= 4 is 33.3 Å². The molecule has 0 spiro atoms. The molecule has 2 aromatic heterocycles. The zero-order valence-corrected chi connectivity index (χ0v) is 23.2. The maximum atomic E-state index is 16.5. The van der Waals surface area contributed by atoms with Crippen LogP contribution in [0.3, 0.4) is 0 Å². The van der Waals surface area contributed by atoms with E-state index in [1.807, 2.05) is 0 Å². The average Bonchev–Trinajstić information content (AvgIpc) is 2.98. The summed E-state index contributed by atoms with van der Waals surface area (Å²) in [6.07, 6.45) is 0.507. The topological polar surface area (TPSA) is 100 Å². The number of benzene rings is 2. The molecule has 0 aliphatic carbocycles. The summed E-state index contributed by atoms with van der Waals surface area (Å²) in [5.74, 6) is -4.35. The van der Waals surface area contributed by atoms with Gasteiger partial charge in [-0.15, -0.1) is 6.42 Å². The Morgan fingerprint density at radius 3 is 2.39 bits per heavy atom. The van der Waals surface area contributed by atoms with Crippen LogP contribution in [0.5, 0.6) is 11.8 Å². The third kappa shape index (κ3) is 4.71. The van der Waals surface area contributed by atoms with Crippen LogP contribution >= 0.6 is 0 Å². The van der Waals surface area contributed by atoms with Crippen LogP contribution in [0.25, 0.3) is 32.9 Å². The third-order valence-electron chi connectivity index (χ3n) is 8.12. The van der Waals surface area contributed by atoms with Crippen molar-refractivity contribution < 1.29 is 41.0 Å². The van der Waals surface area contributed by atoms with Gasteiger partial charge in [0.1, 0.15) is 22.8 Å². The number of hydrogen-bond acceptors (Lipinski definition) is 8. The van der Waals surface area contributed by atoms with Crippen LogP contribution in [0.4, 0.5) is 32.2 Å². The van der Waals surface area contributed by atoms with E-state index in [4.69, 9.17) is 11.2 Å². The number of hydrogen-bond donors (Lipinski definition) is 2. The minimum absolute atomic E-state index is 0.0452. The van der Waals surface area contributed by atoms with Crippen molar-refractivity contribution in [2.24, 2.45) is 5.92 Å². The van der Waals surface area contributed by atoms with Crippen molar-refractivity contribution in [1.29, 1.82) is 0 Å². The number of piperidine rings is 1. The van der Waals surface area contributed by atoms with E-state index in [9.17, 15) is 31.9 Å². The summed E-state index contributed by atoms with van der Waals surface area (Å²) in [5, 5.41) is 13.3. The van der Waals surface area contributed by atoms with Crippen LogP contribution < -0.4 is 15.0 Å². The Bertz CT molecular complexity index is 1890. The maximum Gasteiger partial charge on any atom is 0.450 e. The van der Waals surface area contributed by atoms with Crippen LogP contribution in [0.1, 0.15) is 24.1 Å². The molecule has 6 rings (SSSR count). The number of aromatic nitrogens is 3. The first-order valence-electron chi connectivity index (χ1n) is 13.5. The van der Waals surface area contributed by atoms with Crippen LogP contribution in [0, 0.1) is 42.6 Å². The molecule has 4 aromatic rings. The predicted molar refractivity (Wildman–Crippen MR) is 148 cm³/mol. The lowest BCUT2D eigenvalue weighted by Gasteiger charge is -2.45. The van der Waals surface area contributed by atoms with E-state index in [0.717, 1.165) is 18.2 Å². The second-order valence-corrected chi connectivity index (χ2v) is 10.9. The maximum absolute atomic E-state index is 16.5. The van der Waals surface area contributed by atoms with Gasteiger partial charge in [-0.25, -0.2) is 18.2 Å². The highest BCUT2D eigenvalue weighted by Gasteiger charge is 2.47. The number of rotatable bonds is 4. The van der Waals surface area contributed by atoms with E-state index in [1.54, 1.807) is 11.8 Å². The number of nitrogens with zero attached hydrogens (tertiary/aromatic N) is 4. The summed E-state index contributed by atoms with van der Waals surface area (Å²) in [4.78, 5) is 26.7. The number of ketones is 1. The second kappa shape index (κ2) is 10.5. The Kier molecular flexibility index (Phi) is 7.03. The Morgan fingerprint density at radius 1 is 1.09 bits per heavy atom. The minimum Gasteiger partial charge on any atom is -0.505 e. The minimum atomic E-state index is -4.93. The van der Waals surface area contributed by atoms with Crippen molar-refractivity contribution in [3.63, 3.8) is 0 Å². The molecule has 0 saturated carbocycles. The van der Waals surface area contributed by atoms with Crippen LogP contribution in [-0.4, -0.2) is 64.3 Å². The summed E-state index contributed by atoms with van der Waals surface area (Å²) in [7, 11) is 1.27. The number of anilines is 1. The Morgan fingerprint density at radius 2 is 1.77 bits per heavy atom. The van der Waals surface area contributed by atoms with Crippen molar-refractivity contribution in [3.05, 3.63) is 46.9 Å². The molecule has 2 aromatic carbocycles. The van der Waals surface area contributed by atoms with Crippen molar-refractivity contribution in [2.45, 2.75) is 38.0 Å². The zero-order chi connectivity index (χ0) is 31.7. The summed E-state index contributed by atoms with van der Waals surface area (Å²) in [6, 6.07) is 1.72. The number of halogens is 6. The molecule has 2 fully saturated rings. The highest BCUT2D eigenvalue weighted by Crippen LogP contribution is 2.42. The average molecular weight is 616 g/mol. The molecular weight excluding hydrogens is 592 g/mol. The van der Waals surface area contributed by atoms with E-state index >= 15 is 4.39 Å². The van der Waals surface area contributed by atoms with Gasteiger partial charge in [0.25, 0.3) is 0 Å². The van der Waals surface area contributed by atoms with Crippen molar-refractivity contribution in [3.8, 4) is 35.4 Å². The molecule has 228 valence electrons. The normalized spacial score (nSPS) is 20.2. The smallest absolute Gasteiger partial charge is 0.450 e. The number of piperazine rings is 1. The Labute approximate surface area is 246 Å². The van der Waals surface area contributed by atoms with Gasteiger partial charge in [-0.3, -0.25) is 4.79 Å². The molecule has 2 bridgehead atoms. The number of terminal acetylenes is 1. The number of nitrogens with one attached hydrogen (secondary N) is 1. The van der Waals surface area contributed by atoms with Gasteiger partial charge in [0.15, 0.2) is 17.4 Å². The molecule has 2 aliphatic heterocycles. The first-order valence-corrected chi connectivity index (χ1v) is 13.5. The fourth-order valence-electron chi connectivity index (χ4n) is 6.31. The number of fused-ring (bicyclic) bond motifs is 4. The van der Waals surface area contributed by atoms with Crippen LogP contribution in [0.15, 0.2) is 18.2 Å². The van der Waals surface area contributed by atoms with Gasteiger partial charge in [-0.1, -0.05) is 5.92 Å². The molecule has 2 aliphatic rings. The molecule has 4 heterocycles. The van der Waals surface area contributed by atoms with Crippen molar-refractivity contribution in [1.82, 2.24) is 20.3 Å². The summed E-state index contributed by atoms with van der Waals surface area (Å²) >= 11 is 0. The quantitative estimate of drug-likeness (QED) is 0.246. The molecule has 8 nitrogen and oxygen atoms in total. The highest BCUT2D eigenvalue weighted by molar-refractivity contribution is 6.03. The van der Waals surface area contributed by atoms with Gasteiger partial charge in [0.05, 0.1) is 23.8 Å². The Balaban J connectivity index is 1.50. The van der Waals surface area contributed by atoms with Gasteiger partial charge >= 0.3 is 12.2 Å². The fourth-order valence-corrected chi connectivity index (χ4v) is 6.31. The lowest BCUT2D eigenvalue weighted by Crippen LogP contribution is -2.62. The SMILES string of the molecule is C#Cc1c(F)ccc2c(F)c(O)cc(-c3nc(C)c4c(N5CC6CC(C(=O)C(F)(F)F)CC(C5)N6)nc(OC)nc4c3F)c12. The van der Waals surface area contributed by atoms with Gasteiger partial charge in [0, 0.05) is 47.4 Å². The van der Waals surface area contributed by atoms with Gasteiger partial charge in [-0.2, -0.15) is 23.1 Å². The molecule has 44 heavy (non-hydrogen) atoms. The van der Waals surface area contributed by atoms with E-state index in [-0.39, 0.29) is 76.3 Å². The number of pyridine rings is 1. The molecule has 2 atom stereocenters. The molecule has 0 amide bonds. The van der Waals surface area contributed by atoms with Gasteiger partial charge in [-0.05, 0) is 38.0 Å². The molecule has 2 N–H and O–H groups in total. The number of ether oxygens (including phenoxy) is 1. The summed E-state index contributed by atoms with van der Waals surface area (Å²) in [5.41, 5.74) is -0.969. The van der Waals surface area contributed by atoms with Gasteiger partial charge < -0.3 is 20.1 Å². The number of Topliss-reactive ketones (excluding diaryl/α,β-unsaturated/α-hetero) is 1. The number of alkyl halides is 3. The van der Waals surface area contributed by atoms with Gasteiger partial charge in [0.2, 0.25) is 5.78 Å². The first-order chi connectivity index (χ1) is 20.8. The largest absolute Gasteiger partial charge is 0.505 e. The molecule has 14 heteroatoms. The second-order valence-electron chi connectivity index (χ2n) is 10.9. The number of methoxy groups -OCH3 is 1. The standard InChI is InChI=1S/C30H23F6N5O3/c1-4-16-19(31)6-5-17-22(16)18(9-20(42)23(17)32)25-24(33)26-21(12(2)37-25)28(40-29(39-26)44-3)41-10-14-7-13(8-15(11-41)38-14)27(43)30(34,35)36/h1,5-6,9,13-15,38,42H,7-8,10-11H2,2-3H3. The Hall–Kier alpha value is -4.64.